The molecule has 0 aromatic heterocycles. The third-order valence-electron chi connectivity index (χ3n) is 4.85. The number of ether oxygens (including phenoxy) is 9. The molecule has 0 aromatic rings. The normalized spacial score (nSPS) is 13.9. The Bertz CT molecular complexity index is 437. The largest absolute Gasteiger partial charge is 0.442 e. The van der Waals surface area contributed by atoms with E-state index in [9.17, 15) is 0 Å². The summed E-state index contributed by atoms with van der Waals surface area (Å²) in [7, 11) is -1.11. The SMILES string of the molecule is COCCOCCOCCOCCOCCOCCOCCOCCOCCC[Si](C)(O[SiH2]C)O[SiH2]C. The van der Waals surface area contributed by atoms with Crippen molar-refractivity contribution < 1.29 is 50.9 Å². The van der Waals surface area contributed by atoms with Gasteiger partial charge in [0.15, 0.2) is 0 Å². The maximum absolute atomic E-state index is 6.00. The molecule has 0 rings (SSSR count). The number of rotatable bonds is 32. The van der Waals surface area contributed by atoms with E-state index >= 15 is 0 Å². The summed E-state index contributed by atoms with van der Waals surface area (Å²) in [5.74, 6) is 0. The van der Waals surface area contributed by atoms with Crippen molar-refractivity contribution in [1.82, 2.24) is 0 Å². The van der Waals surface area contributed by atoms with Gasteiger partial charge < -0.3 is 50.9 Å². The van der Waals surface area contributed by atoms with Crippen LogP contribution in [0.25, 0.3) is 0 Å². The van der Waals surface area contributed by atoms with Gasteiger partial charge in [0.25, 0.3) is 0 Å². The van der Waals surface area contributed by atoms with Crippen LogP contribution in [0.4, 0.5) is 0 Å². The molecule has 0 amide bonds. The molecule has 0 N–H and O–H groups in total. The van der Waals surface area contributed by atoms with Crippen molar-refractivity contribution in [2.24, 2.45) is 0 Å². The first-order chi connectivity index (χ1) is 18.2. The van der Waals surface area contributed by atoms with E-state index < -0.39 is 28.1 Å². The molecule has 0 fully saturated rings. The van der Waals surface area contributed by atoms with Gasteiger partial charge in [-0.15, -0.1) is 0 Å². The highest BCUT2D eigenvalue weighted by Crippen LogP contribution is 2.14. The highest BCUT2D eigenvalue weighted by atomic mass is 28.4. The zero-order valence-corrected chi connectivity index (χ0v) is 27.7. The molecule has 0 saturated heterocycles. The second kappa shape index (κ2) is 30.7. The predicted octanol–water partition coefficient (Wildman–Crippen LogP) is 0.525. The van der Waals surface area contributed by atoms with Gasteiger partial charge in [0, 0.05) is 13.7 Å². The lowest BCUT2D eigenvalue weighted by Gasteiger charge is -2.27. The van der Waals surface area contributed by atoms with Gasteiger partial charge in [0.1, 0.15) is 19.5 Å². The van der Waals surface area contributed by atoms with Crippen molar-refractivity contribution in [3.05, 3.63) is 0 Å². The fraction of sp³-hybridized carbons (Fsp3) is 1.00. The lowest BCUT2D eigenvalue weighted by Crippen LogP contribution is -2.40. The molecule has 0 aliphatic carbocycles. The van der Waals surface area contributed by atoms with Crippen LogP contribution < -0.4 is 0 Å². The van der Waals surface area contributed by atoms with Crippen molar-refractivity contribution in [1.29, 1.82) is 0 Å². The average Bonchev–Trinajstić information content (AvgIpc) is 2.88. The smallest absolute Gasteiger partial charge is 0.313 e. The maximum Gasteiger partial charge on any atom is 0.313 e. The van der Waals surface area contributed by atoms with E-state index in [1.807, 2.05) is 0 Å². The van der Waals surface area contributed by atoms with Crippen LogP contribution >= 0.6 is 0 Å². The zero-order valence-electron chi connectivity index (χ0n) is 23.8. The van der Waals surface area contributed by atoms with Crippen molar-refractivity contribution in [2.75, 3.05) is 119 Å². The van der Waals surface area contributed by atoms with E-state index in [-0.39, 0.29) is 0 Å². The van der Waals surface area contributed by atoms with E-state index in [0.29, 0.717) is 106 Å². The lowest BCUT2D eigenvalue weighted by atomic mass is 10.5. The standard InChI is InChI=1S/C23H54O11Si3/c1-24-7-8-26-11-12-28-15-16-30-19-20-32-22-21-31-18-17-29-14-13-27-10-9-25-6-5-23-37(4,33-35-2)34-36-3/h5-23,35-36H2,1-4H3. The fourth-order valence-electron chi connectivity index (χ4n) is 3.08. The summed E-state index contributed by atoms with van der Waals surface area (Å²) in [6.45, 7) is 16.1. The molecule has 0 saturated carbocycles. The van der Waals surface area contributed by atoms with Crippen LogP contribution in [0.3, 0.4) is 0 Å². The molecule has 14 heteroatoms. The highest BCUT2D eigenvalue weighted by molar-refractivity contribution is 6.74. The minimum atomic E-state index is -1.91. The minimum Gasteiger partial charge on any atom is -0.442 e. The molecule has 0 unspecified atom stereocenters. The third-order valence-corrected chi connectivity index (χ3v) is 13.3. The third kappa shape index (κ3) is 29.0. The van der Waals surface area contributed by atoms with Gasteiger partial charge in [-0.2, -0.15) is 0 Å². The molecular weight excluding hydrogens is 537 g/mol. The van der Waals surface area contributed by atoms with E-state index in [2.05, 4.69) is 19.6 Å². The second-order valence-corrected chi connectivity index (χ2v) is 14.2. The summed E-state index contributed by atoms with van der Waals surface area (Å²) in [6.07, 6.45) is 0.982. The maximum atomic E-state index is 6.00. The highest BCUT2D eigenvalue weighted by Gasteiger charge is 2.28. The summed E-state index contributed by atoms with van der Waals surface area (Å²) in [6, 6.07) is 1.01. The van der Waals surface area contributed by atoms with E-state index in [0.717, 1.165) is 19.1 Å². The van der Waals surface area contributed by atoms with Crippen LogP contribution in [0.15, 0.2) is 0 Å². The van der Waals surface area contributed by atoms with Crippen LogP contribution in [-0.4, -0.2) is 148 Å². The average molecular weight is 591 g/mol. The molecule has 0 aromatic carbocycles. The van der Waals surface area contributed by atoms with Crippen molar-refractivity contribution >= 4 is 28.1 Å². The predicted molar refractivity (Wildman–Crippen MR) is 150 cm³/mol. The van der Waals surface area contributed by atoms with Crippen LogP contribution in [-0.2, 0) is 50.9 Å². The van der Waals surface area contributed by atoms with Crippen molar-refractivity contribution in [3.8, 4) is 0 Å². The van der Waals surface area contributed by atoms with Gasteiger partial charge >= 0.3 is 8.56 Å². The minimum absolute atomic E-state index is 0.425. The quantitative estimate of drug-likeness (QED) is 0.0810. The summed E-state index contributed by atoms with van der Waals surface area (Å²) < 4.78 is 60.6. The van der Waals surface area contributed by atoms with Crippen LogP contribution in [0.1, 0.15) is 6.42 Å². The van der Waals surface area contributed by atoms with Crippen LogP contribution in [0, 0.1) is 0 Å². The molecule has 0 aliphatic heterocycles. The van der Waals surface area contributed by atoms with E-state index in [1.165, 1.54) is 0 Å². The molecule has 0 spiro atoms. The number of hydrogen-bond donors (Lipinski definition) is 0. The molecular formula is C23H54O11Si3. The van der Waals surface area contributed by atoms with Gasteiger partial charge in [-0.25, -0.2) is 0 Å². The lowest BCUT2D eigenvalue weighted by molar-refractivity contribution is -0.0242. The van der Waals surface area contributed by atoms with E-state index in [1.54, 1.807) is 7.11 Å². The Morgan fingerprint density at radius 1 is 0.432 bits per heavy atom. The molecule has 37 heavy (non-hydrogen) atoms. The van der Waals surface area contributed by atoms with Crippen molar-refractivity contribution in [2.45, 2.75) is 32.1 Å². The zero-order chi connectivity index (χ0) is 27.1. The van der Waals surface area contributed by atoms with E-state index in [4.69, 9.17) is 50.9 Å². The van der Waals surface area contributed by atoms with Gasteiger partial charge in [0.05, 0.1) is 106 Å². The summed E-state index contributed by atoms with van der Waals surface area (Å²) in [4.78, 5) is 0. The van der Waals surface area contributed by atoms with Crippen LogP contribution in [0.5, 0.6) is 0 Å². The second-order valence-electron chi connectivity index (χ2n) is 8.00. The molecule has 11 nitrogen and oxygen atoms in total. The molecule has 0 radical (unpaired) electrons. The summed E-state index contributed by atoms with van der Waals surface area (Å²) in [5.41, 5.74) is 0. The van der Waals surface area contributed by atoms with Gasteiger partial charge in [-0.3, -0.25) is 0 Å². The molecule has 0 heterocycles. The summed E-state index contributed by atoms with van der Waals surface area (Å²) in [5, 5.41) is 0. The van der Waals surface area contributed by atoms with Gasteiger partial charge in [-0.05, 0) is 19.0 Å². The Balaban J connectivity index is 3.16. The molecule has 0 aliphatic rings. The van der Waals surface area contributed by atoms with Crippen molar-refractivity contribution in [3.63, 3.8) is 0 Å². The molecule has 0 atom stereocenters. The number of methoxy groups -OCH3 is 1. The Morgan fingerprint density at radius 2 is 0.703 bits per heavy atom. The number of hydrogen-bond acceptors (Lipinski definition) is 11. The van der Waals surface area contributed by atoms with Gasteiger partial charge in [-0.1, -0.05) is 13.1 Å². The monoisotopic (exact) mass is 590 g/mol. The molecule has 0 bridgehead atoms. The summed E-state index contributed by atoms with van der Waals surface area (Å²) >= 11 is 0. The fourth-order valence-corrected chi connectivity index (χ4v) is 11.0. The Labute approximate surface area is 230 Å². The first-order valence-electron chi connectivity index (χ1n) is 13.6. The Kier molecular flexibility index (Phi) is 30.9. The van der Waals surface area contributed by atoms with Crippen LogP contribution in [0.2, 0.25) is 25.7 Å². The first-order valence-corrected chi connectivity index (χ1v) is 20.1. The Hall–Kier alpha value is 0.211. The van der Waals surface area contributed by atoms with Gasteiger partial charge in [0.2, 0.25) is 0 Å². The topological polar surface area (TPSA) is 102 Å². The Morgan fingerprint density at radius 3 is 0.973 bits per heavy atom. The first kappa shape index (κ1) is 37.2. The molecule has 224 valence electrons.